The van der Waals surface area contributed by atoms with E-state index in [1.807, 2.05) is 12.1 Å². The lowest BCUT2D eigenvalue weighted by Crippen LogP contribution is -2.32. The second-order valence-electron chi connectivity index (χ2n) is 6.43. The molecule has 5 heteroatoms. The van der Waals surface area contributed by atoms with Crippen molar-refractivity contribution in [2.24, 2.45) is 0 Å². The van der Waals surface area contributed by atoms with E-state index in [9.17, 15) is 9.18 Å². The fourth-order valence-corrected chi connectivity index (χ4v) is 3.04. The lowest BCUT2D eigenvalue weighted by molar-refractivity contribution is -0.116. The van der Waals surface area contributed by atoms with E-state index >= 15 is 0 Å². The van der Waals surface area contributed by atoms with Crippen LogP contribution in [0.3, 0.4) is 0 Å². The molecule has 1 fully saturated rings. The van der Waals surface area contributed by atoms with Gasteiger partial charge in [-0.05, 0) is 62.6 Å². The predicted octanol–water partition coefficient (Wildman–Crippen LogP) is 4.26. The minimum atomic E-state index is -0.472. The molecular formula is C20H24FN3O. The van der Waals surface area contributed by atoms with Crippen LogP contribution in [0.15, 0.2) is 48.5 Å². The number of hydrogen-bond donors (Lipinski definition) is 2. The van der Waals surface area contributed by atoms with Crippen LogP contribution in [-0.2, 0) is 4.79 Å². The number of amides is 1. The summed E-state index contributed by atoms with van der Waals surface area (Å²) in [6.07, 6.45) is 3.80. The van der Waals surface area contributed by atoms with Crippen molar-refractivity contribution in [1.82, 2.24) is 0 Å². The van der Waals surface area contributed by atoms with E-state index in [-0.39, 0.29) is 11.6 Å². The quantitative estimate of drug-likeness (QED) is 0.854. The Morgan fingerprint density at radius 3 is 2.40 bits per heavy atom. The molecule has 25 heavy (non-hydrogen) atoms. The van der Waals surface area contributed by atoms with Gasteiger partial charge >= 0.3 is 0 Å². The molecule has 2 aromatic rings. The van der Waals surface area contributed by atoms with Gasteiger partial charge in [0.1, 0.15) is 11.9 Å². The van der Waals surface area contributed by atoms with Crippen molar-refractivity contribution in [3.8, 4) is 0 Å². The summed E-state index contributed by atoms with van der Waals surface area (Å²) in [5.41, 5.74) is 2.28. The molecule has 0 spiro atoms. The van der Waals surface area contributed by atoms with Gasteiger partial charge in [0.15, 0.2) is 0 Å². The van der Waals surface area contributed by atoms with Crippen LogP contribution in [0, 0.1) is 5.82 Å². The largest absolute Gasteiger partial charge is 0.374 e. The van der Waals surface area contributed by atoms with Crippen molar-refractivity contribution in [2.75, 3.05) is 28.6 Å². The summed E-state index contributed by atoms with van der Waals surface area (Å²) in [6.45, 7) is 3.97. The summed E-state index contributed by atoms with van der Waals surface area (Å²) < 4.78 is 13.6. The number of halogens is 1. The summed E-state index contributed by atoms with van der Waals surface area (Å²) in [5.74, 6) is -0.709. The van der Waals surface area contributed by atoms with Crippen LogP contribution in [0.4, 0.5) is 21.5 Å². The molecule has 1 amide bonds. The molecule has 132 valence electrons. The molecule has 0 radical (unpaired) electrons. The molecule has 1 heterocycles. The van der Waals surface area contributed by atoms with E-state index in [0.717, 1.165) is 18.8 Å². The normalized spacial score (nSPS) is 15.5. The molecule has 0 aromatic heterocycles. The Labute approximate surface area is 148 Å². The first-order chi connectivity index (χ1) is 12.1. The van der Waals surface area contributed by atoms with Crippen molar-refractivity contribution in [3.05, 3.63) is 54.3 Å². The highest BCUT2D eigenvalue weighted by Gasteiger charge is 2.15. The highest BCUT2D eigenvalue weighted by atomic mass is 19.1. The first-order valence-electron chi connectivity index (χ1n) is 8.80. The summed E-state index contributed by atoms with van der Waals surface area (Å²) in [6, 6.07) is 13.8. The van der Waals surface area contributed by atoms with Crippen molar-refractivity contribution in [1.29, 1.82) is 0 Å². The van der Waals surface area contributed by atoms with Crippen LogP contribution < -0.4 is 15.5 Å². The zero-order valence-corrected chi connectivity index (χ0v) is 14.5. The van der Waals surface area contributed by atoms with Gasteiger partial charge in [-0.3, -0.25) is 4.79 Å². The maximum Gasteiger partial charge on any atom is 0.246 e. The smallest absolute Gasteiger partial charge is 0.246 e. The van der Waals surface area contributed by atoms with Gasteiger partial charge in [0.25, 0.3) is 0 Å². The van der Waals surface area contributed by atoms with Crippen LogP contribution in [0.2, 0.25) is 0 Å². The van der Waals surface area contributed by atoms with Crippen LogP contribution in [-0.4, -0.2) is 25.0 Å². The van der Waals surface area contributed by atoms with E-state index in [1.54, 1.807) is 25.1 Å². The number of hydrogen-bond acceptors (Lipinski definition) is 3. The molecular weight excluding hydrogens is 317 g/mol. The molecule has 0 unspecified atom stereocenters. The van der Waals surface area contributed by atoms with Gasteiger partial charge in [0.2, 0.25) is 5.91 Å². The highest BCUT2D eigenvalue weighted by molar-refractivity contribution is 5.96. The molecule has 3 rings (SSSR count). The second kappa shape index (κ2) is 8.01. The Balaban J connectivity index is 1.57. The summed E-state index contributed by atoms with van der Waals surface area (Å²) in [4.78, 5) is 14.6. The highest BCUT2D eigenvalue weighted by Crippen LogP contribution is 2.22. The third kappa shape index (κ3) is 4.50. The number of para-hydroxylation sites is 1. The van der Waals surface area contributed by atoms with Gasteiger partial charge in [-0.15, -0.1) is 0 Å². The number of benzene rings is 2. The van der Waals surface area contributed by atoms with E-state index in [0.29, 0.717) is 0 Å². The number of nitrogens with zero attached hydrogens (tertiary/aromatic N) is 1. The topological polar surface area (TPSA) is 44.4 Å². The fraction of sp³-hybridized carbons (Fsp3) is 0.350. The lowest BCUT2D eigenvalue weighted by Gasteiger charge is -2.29. The average Bonchev–Trinajstić information content (AvgIpc) is 2.65. The van der Waals surface area contributed by atoms with Crippen LogP contribution in [0.25, 0.3) is 0 Å². The van der Waals surface area contributed by atoms with Crippen LogP contribution in [0.5, 0.6) is 0 Å². The minimum absolute atomic E-state index is 0.196. The lowest BCUT2D eigenvalue weighted by atomic mass is 10.1. The van der Waals surface area contributed by atoms with E-state index in [2.05, 4.69) is 27.7 Å². The average molecular weight is 341 g/mol. The van der Waals surface area contributed by atoms with Crippen LogP contribution >= 0.6 is 0 Å². The standard InChI is InChI=1S/C20H24FN3O/c1-15(20(25)23-19-8-4-3-7-18(19)21)22-16-9-11-17(12-10-16)24-13-5-2-6-14-24/h3-4,7-12,15,22H,2,5-6,13-14H2,1H3,(H,23,25)/t15-/m0/s1. The first-order valence-corrected chi connectivity index (χ1v) is 8.80. The summed E-state index contributed by atoms with van der Waals surface area (Å²) in [5, 5.41) is 5.77. The summed E-state index contributed by atoms with van der Waals surface area (Å²) in [7, 11) is 0. The molecule has 1 saturated heterocycles. The third-order valence-corrected chi connectivity index (χ3v) is 4.50. The molecule has 1 aliphatic rings. The number of anilines is 3. The van der Waals surface area contributed by atoms with Crippen molar-refractivity contribution in [2.45, 2.75) is 32.2 Å². The third-order valence-electron chi connectivity index (χ3n) is 4.50. The van der Waals surface area contributed by atoms with Crippen molar-refractivity contribution >= 4 is 23.0 Å². The van der Waals surface area contributed by atoms with E-state index < -0.39 is 11.9 Å². The Morgan fingerprint density at radius 1 is 1.04 bits per heavy atom. The molecule has 4 nitrogen and oxygen atoms in total. The Hall–Kier alpha value is -2.56. The molecule has 0 saturated carbocycles. The Kier molecular flexibility index (Phi) is 5.53. The number of carbonyl (C=O) groups is 1. The zero-order valence-electron chi connectivity index (χ0n) is 14.5. The van der Waals surface area contributed by atoms with Crippen molar-refractivity contribution < 1.29 is 9.18 Å². The fourth-order valence-electron chi connectivity index (χ4n) is 3.04. The first kappa shape index (κ1) is 17.3. The van der Waals surface area contributed by atoms with Crippen LogP contribution in [0.1, 0.15) is 26.2 Å². The number of carbonyl (C=O) groups excluding carboxylic acids is 1. The molecule has 2 N–H and O–H groups in total. The minimum Gasteiger partial charge on any atom is -0.374 e. The number of rotatable bonds is 5. The van der Waals surface area contributed by atoms with Gasteiger partial charge in [-0.1, -0.05) is 12.1 Å². The molecule has 2 aromatic carbocycles. The van der Waals surface area contributed by atoms with Gasteiger partial charge in [-0.2, -0.15) is 0 Å². The van der Waals surface area contributed by atoms with Gasteiger partial charge in [0.05, 0.1) is 5.69 Å². The number of piperidine rings is 1. The monoisotopic (exact) mass is 341 g/mol. The van der Waals surface area contributed by atoms with E-state index in [4.69, 9.17) is 0 Å². The maximum atomic E-state index is 13.6. The molecule has 0 aliphatic carbocycles. The van der Waals surface area contributed by atoms with E-state index in [1.165, 1.54) is 31.0 Å². The van der Waals surface area contributed by atoms with Gasteiger partial charge < -0.3 is 15.5 Å². The Bertz CT molecular complexity index is 711. The number of nitrogens with one attached hydrogen (secondary N) is 2. The second-order valence-corrected chi connectivity index (χ2v) is 6.43. The SMILES string of the molecule is C[C@H](Nc1ccc(N2CCCCC2)cc1)C(=O)Nc1ccccc1F. The van der Waals surface area contributed by atoms with Gasteiger partial charge in [0, 0.05) is 24.5 Å². The molecule has 0 bridgehead atoms. The zero-order chi connectivity index (χ0) is 17.6. The summed E-state index contributed by atoms with van der Waals surface area (Å²) >= 11 is 0. The predicted molar refractivity (Wildman–Crippen MR) is 101 cm³/mol. The maximum absolute atomic E-state index is 13.6. The van der Waals surface area contributed by atoms with Gasteiger partial charge in [-0.25, -0.2) is 4.39 Å². The Morgan fingerprint density at radius 2 is 1.72 bits per heavy atom. The molecule has 1 aliphatic heterocycles. The molecule has 1 atom stereocenters. The van der Waals surface area contributed by atoms with Crippen molar-refractivity contribution in [3.63, 3.8) is 0 Å².